The predicted octanol–water partition coefficient (Wildman–Crippen LogP) is 4.74. The number of nitrogens with one attached hydrogen (secondary N) is 1. The normalized spacial score (nSPS) is 10.2. The van der Waals surface area contributed by atoms with Crippen molar-refractivity contribution in [3.05, 3.63) is 61.0 Å². The fourth-order valence-corrected chi connectivity index (χ4v) is 2.94. The van der Waals surface area contributed by atoms with Crippen LogP contribution in [0.1, 0.15) is 5.56 Å². The number of anilines is 1. The summed E-state index contributed by atoms with van der Waals surface area (Å²) >= 11 is 6.77. The highest BCUT2D eigenvalue weighted by Crippen LogP contribution is 2.30. The summed E-state index contributed by atoms with van der Waals surface area (Å²) in [6, 6.07) is 10.6. The average molecular weight is 416 g/mol. The zero-order valence-corrected chi connectivity index (χ0v) is 14.3. The van der Waals surface area contributed by atoms with Gasteiger partial charge in [-0.05, 0) is 45.8 Å². The van der Waals surface area contributed by atoms with Crippen molar-refractivity contribution in [3.63, 3.8) is 0 Å². The minimum absolute atomic E-state index is 0.0356. The summed E-state index contributed by atoms with van der Waals surface area (Å²) in [5.74, 6) is 0.679. The quantitative estimate of drug-likeness (QED) is 0.565. The van der Waals surface area contributed by atoms with Gasteiger partial charge in [-0.3, -0.25) is 10.1 Å². The minimum atomic E-state index is -0.412. The van der Waals surface area contributed by atoms with E-state index >= 15 is 0 Å². The lowest BCUT2D eigenvalue weighted by Crippen LogP contribution is -2.00. The molecule has 0 atom stereocenters. The number of nitrogens with zero attached hydrogens (tertiary/aromatic N) is 1. The van der Waals surface area contributed by atoms with Crippen LogP contribution in [0.5, 0.6) is 5.75 Å². The Kier molecular flexibility index (Phi) is 5.19. The van der Waals surface area contributed by atoms with Crippen molar-refractivity contribution in [3.8, 4) is 5.75 Å². The van der Waals surface area contributed by atoms with Crippen LogP contribution in [0.3, 0.4) is 0 Å². The number of nitro groups is 1. The van der Waals surface area contributed by atoms with Gasteiger partial charge in [0.05, 0.1) is 9.40 Å². The number of ether oxygens (including phenoxy) is 1. The van der Waals surface area contributed by atoms with Gasteiger partial charge in [-0.25, -0.2) is 0 Å². The molecule has 5 nitrogen and oxygen atoms in total. The second-order valence-corrected chi connectivity index (χ2v) is 5.99. The van der Waals surface area contributed by atoms with Gasteiger partial charge in [0.25, 0.3) is 5.69 Å². The van der Waals surface area contributed by atoms with Crippen LogP contribution in [0, 0.1) is 10.1 Å². The summed E-state index contributed by atoms with van der Waals surface area (Å²) in [6.07, 6.45) is 0. The van der Waals surface area contributed by atoms with Crippen LogP contribution in [-0.4, -0.2) is 12.0 Å². The first-order valence-electron chi connectivity index (χ1n) is 6.04. The first-order chi connectivity index (χ1) is 10.0. The molecule has 0 fully saturated rings. The molecule has 1 N–H and O–H groups in total. The molecule has 0 saturated carbocycles. The number of nitro benzene ring substituents is 1. The molecular weight excluding hydrogens is 404 g/mol. The van der Waals surface area contributed by atoms with E-state index in [1.165, 1.54) is 6.07 Å². The Morgan fingerprint density at radius 3 is 2.62 bits per heavy atom. The molecule has 0 aliphatic carbocycles. The third-order valence-corrected chi connectivity index (χ3v) is 3.93. The molecule has 0 aliphatic heterocycles. The fourth-order valence-electron chi connectivity index (χ4n) is 1.78. The number of hydrogen-bond acceptors (Lipinski definition) is 4. The molecule has 7 heteroatoms. The van der Waals surface area contributed by atoms with Gasteiger partial charge < -0.3 is 10.1 Å². The van der Waals surface area contributed by atoms with Crippen LogP contribution < -0.4 is 10.1 Å². The molecule has 0 bridgehead atoms. The lowest BCUT2D eigenvalue weighted by molar-refractivity contribution is -0.384. The second-order valence-electron chi connectivity index (χ2n) is 4.22. The van der Waals surface area contributed by atoms with Crippen LogP contribution in [0.2, 0.25) is 0 Å². The van der Waals surface area contributed by atoms with Gasteiger partial charge >= 0.3 is 0 Å². The number of rotatable bonds is 5. The predicted molar refractivity (Wildman–Crippen MR) is 88.8 cm³/mol. The first-order valence-corrected chi connectivity index (χ1v) is 7.63. The summed E-state index contributed by atoms with van der Waals surface area (Å²) < 4.78 is 7.43. The van der Waals surface area contributed by atoms with Crippen molar-refractivity contribution in [1.29, 1.82) is 0 Å². The van der Waals surface area contributed by atoms with E-state index in [0.717, 1.165) is 14.5 Å². The van der Waals surface area contributed by atoms with Crippen molar-refractivity contribution in [2.75, 3.05) is 12.4 Å². The van der Waals surface area contributed by atoms with Crippen LogP contribution in [0.15, 0.2) is 45.3 Å². The third kappa shape index (κ3) is 3.95. The van der Waals surface area contributed by atoms with Crippen molar-refractivity contribution in [2.24, 2.45) is 0 Å². The number of benzene rings is 2. The van der Waals surface area contributed by atoms with E-state index in [-0.39, 0.29) is 12.3 Å². The highest BCUT2D eigenvalue weighted by atomic mass is 79.9. The highest BCUT2D eigenvalue weighted by molar-refractivity contribution is 9.11. The smallest absolute Gasteiger partial charge is 0.292 e. The largest absolute Gasteiger partial charge is 0.488 e. The van der Waals surface area contributed by atoms with Gasteiger partial charge in [0.15, 0.2) is 0 Å². The Morgan fingerprint density at radius 2 is 2.00 bits per heavy atom. The monoisotopic (exact) mass is 414 g/mol. The highest BCUT2D eigenvalue weighted by Gasteiger charge is 2.13. The summed E-state index contributed by atoms with van der Waals surface area (Å²) in [4.78, 5) is 10.6. The zero-order valence-electron chi connectivity index (χ0n) is 11.1. The van der Waals surface area contributed by atoms with Crippen molar-refractivity contribution in [2.45, 2.75) is 6.61 Å². The molecule has 0 spiro atoms. The van der Waals surface area contributed by atoms with Crippen LogP contribution in [0.4, 0.5) is 11.4 Å². The van der Waals surface area contributed by atoms with Gasteiger partial charge in [-0.2, -0.15) is 0 Å². The van der Waals surface area contributed by atoms with Crippen LogP contribution in [0.25, 0.3) is 0 Å². The number of hydrogen-bond donors (Lipinski definition) is 1. The molecule has 0 unspecified atom stereocenters. The summed E-state index contributed by atoms with van der Waals surface area (Å²) in [5.41, 5.74) is 1.25. The standard InChI is InChI=1S/C14H12Br2N2O3/c1-17-12-4-2-9(6-13(12)18(19)20)8-21-14-5-3-10(15)7-11(14)16/h2-7,17H,8H2,1H3. The molecule has 0 aliphatic rings. The zero-order chi connectivity index (χ0) is 15.4. The van der Waals surface area contributed by atoms with Crippen LogP contribution >= 0.6 is 31.9 Å². The van der Waals surface area contributed by atoms with E-state index in [2.05, 4.69) is 37.2 Å². The van der Waals surface area contributed by atoms with Gasteiger partial charge in [-0.1, -0.05) is 22.0 Å². The first kappa shape index (κ1) is 15.8. The molecule has 2 rings (SSSR count). The molecule has 0 saturated heterocycles. The van der Waals surface area contributed by atoms with Gasteiger partial charge in [0.2, 0.25) is 0 Å². The topological polar surface area (TPSA) is 64.4 Å². The summed E-state index contributed by atoms with van der Waals surface area (Å²) in [5, 5.41) is 13.8. The molecule has 0 amide bonds. The maximum absolute atomic E-state index is 11.0. The Balaban J connectivity index is 2.16. The Bertz CT molecular complexity index is 677. The Morgan fingerprint density at radius 1 is 1.24 bits per heavy atom. The maximum Gasteiger partial charge on any atom is 0.292 e. The lowest BCUT2D eigenvalue weighted by atomic mass is 10.2. The van der Waals surface area contributed by atoms with E-state index in [0.29, 0.717) is 11.4 Å². The van der Waals surface area contributed by atoms with E-state index in [1.807, 2.05) is 18.2 Å². The van der Waals surface area contributed by atoms with Gasteiger partial charge in [-0.15, -0.1) is 0 Å². The Hall–Kier alpha value is -1.60. The third-order valence-electron chi connectivity index (χ3n) is 2.82. The van der Waals surface area contributed by atoms with Crippen molar-refractivity contribution >= 4 is 43.2 Å². The van der Waals surface area contributed by atoms with E-state index in [1.54, 1.807) is 19.2 Å². The fraction of sp³-hybridized carbons (Fsp3) is 0.143. The average Bonchev–Trinajstić information content (AvgIpc) is 2.46. The minimum Gasteiger partial charge on any atom is -0.488 e. The van der Waals surface area contributed by atoms with E-state index in [4.69, 9.17) is 4.74 Å². The van der Waals surface area contributed by atoms with Crippen molar-refractivity contribution < 1.29 is 9.66 Å². The van der Waals surface area contributed by atoms with E-state index < -0.39 is 4.92 Å². The second kappa shape index (κ2) is 6.91. The maximum atomic E-state index is 11.0. The molecular formula is C14H12Br2N2O3. The molecule has 0 heterocycles. The molecule has 0 aromatic heterocycles. The molecule has 21 heavy (non-hydrogen) atoms. The van der Waals surface area contributed by atoms with Gasteiger partial charge in [0, 0.05) is 17.6 Å². The molecule has 2 aromatic rings. The van der Waals surface area contributed by atoms with Gasteiger partial charge in [0.1, 0.15) is 18.0 Å². The lowest BCUT2D eigenvalue weighted by Gasteiger charge is -2.09. The molecule has 110 valence electrons. The van der Waals surface area contributed by atoms with Crippen LogP contribution in [-0.2, 0) is 6.61 Å². The summed E-state index contributed by atoms with van der Waals surface area (Å²) in [7, 11) is 1.65. The molecule has 2 aromatic carbocycles. The summed E-state index contributed by atoms with van der Waals surface area (Å²) in [6.45, 7) is 0.255. The number of halogens is 2. The van der Waals surface area contributed by atoms with E-state index in [9.17, 15) is 10.1 Å². The Labute approximate surface area is 138 Å². The SMILES string of the molecule is CNc1ccc(COc2ccc(Br)cc2Br)cc1[N+](=O)[O-]. The molecule has 0 radical (unpaired) electrons. The van der Waals surface area contributed by atoms with Crippen molar-refractivity contribution in [1.82, 2.24) is 0 Å².